The average molecular weight is 334 g/mol. The predicted octanol–water partition coefficient (Wildman–Crippen LogP) is 4.06. The van der Waals surface area contributed by atoms with Gasteiger partial charge in [-0.15, -0.1) is 12.4 Å². The first-order valence-electron chi connectivity index (χ1n) is 7.79. The summed E-state index contributed by atoms with van der Waals surface area (Å²) in [5, 5.41) is 0. The van der Waals surface area contributed by atoms with Gasteiger partial charge in [-0.3, -0.25) is 4.79 Å². The van der Waals surface area contributed by atoms with Crippen LogP contribution >= 0.6 is 12.4 Å². The maximum Gasteiger partial charge on any atom is 0.193 e. The molecular weight excluding hydrogens is 310 g/mol. The van der Waals surface area contributed by atoms with Crippen molar-refractivity contribution in [3.63, 3.8) is 0 Å². The molecule has 0 fully saturated rings. The second-order valence-electron chi connectivity index (χ2n) is 5.09. The topological polar surface area (TPSA) is 29.5 Å². The molecule has 2 aromatic rings. The number of hydrogen-bond acceptors (Lipinski definition) is 3. The lowest BCUT2D eigenvalue weighted by Gasteiger charge is -2.18. The van der Waals surface area contributed by atoms with Gasteiger partial charge in [0.2, 0.25) is 0 Å². The Kier molecular flexibility index (Phi) is 8.38. The van der Waals surface area contributed by atoms with Gasteiger partial charge in [0.25, 0.3) is 0 Å². The highest BCUT2D eigenvalue weighted by molar-refractivity contribution is 6.08. The first-order chi connectivity index (χ1) is 10.7. The Balaban J connectivity index is 0.00000264. The minimum absolute atomic E-state index is 0. The summed E-state index contributed by atoms with van der Waals surface area (Å²) >= 11 is 0. The predicted molar refractivity (Wildman–Crippen MR) is 96.8 cm³/mol. The Morgan fingerprint density at radius 3 is 2.04 bits per heavy atom. The van der Waals surface area contributed by atoms with Crippen molar-refractivity contribution in [2.24, 2.45) is 0 Å². The normalized spacial score (nSPS) is 10.2. The largest absolute Gasteiger partial charge is 0.492 e. The van der Waals surface area contributed by atoms with Crippen molar-refractivity contribution < 1.29 is 9.53 Å². The molecule has 0 heterocycles. The standard InChI is InChI=1S/C19H23NO2.ClH/c1-3-20(4-2)14-15-22-18-12-10-17(11-13-18)19(21)16-8-6-5-7-9-16;/h5-13H,3-4,14-15H2,1-2H3;1H. The lowest BCUT2D eigenvalue weighted by Crippen LogP contribution is -2.27. The second-order valence-corrected chi connectivity index (χ2v) is 5.09. The molecule has 0 aliphatic heterocycles. The molecule has 0 spiro atoms. The van der Waals surface area contributed by atoms with Crippen LogP contribution in [-0.2, 0) is 0 Å². The van der Waals surface area contributed by atoms with Crippen LogP contribution in [0.25, 0.3) is 0 Å². The molecule has 0 atom stereocenters. The molecule has 3 nitrogen and oxygen atoms in total. The van der Waals surface area contributed by atoms with Crippen LogP contribution < -0.4 is 4.74 Å². The Bertz CT molecular complexity index is 580. The lowest BCUT2D eigenvalue weighted by atomic mass is 10.0. The van der Waals surface area contributed by atoms with E-state index in [2.05, 4.69) is 18.7 Å². The molecule has 0 bridgehead atoms. The maximum atomic E-state index is 12.3. The summed E-state index contributed by atoms with van der Waals surface area (Å²) in [5.41, 5.74) is 1.39. The SMILES string of the molecule is CCN(CC)CCOc1ccc(C(=O)c2ccccc2)cc1.Cl. The van der Waals surface area contributed by atoms with E-state index in [9.17, 15) is 4.79 Å². The van der Waals surface area contributed by atoms with Crippen LogP contribution in [0.2, 0.25) is 0 Å². The van der Waals surface area contributed by atoms with E-state index in [4.69, 9.17) is 4.74 Å². The van der Waals surface area contributed by atoms with Gasteiger partial charge < -0.3 is 9.64 Å². The van der Waals surface area contributed by atoms with Crippen LogP contribution in [0.3, 0.4) is 0 Å². The summed E-state index contributed by atoms with van der Waals surface area (Å²) in [6.07, 6.45) is 0. The molecule has 0 unspecified atom stereocenters. The van der Waals surface area contributed by atoms with Gasteiger partial charge in [0.15, 0.2) is 5.78 Å². The minimum atomic E-state index is 0. The summed E-state index contributed by atoms with van der Waals surface area (Å²) in [5.74, 6) is 0.840. The van der Waals surface area contributed by atoms with Crippen molar-refractivity contribution in [2.75, 3.05) is 26.2 Å². The number of ketones is 1. The average Bonchev–Trinajstić information content (AvgIpc) is 2.59. The van der Waals surface area contributed by atoms with Crippen LogP contribution in [0.4, 0.5) is 0 Å². The van der Waals surface area contributed by atoms with Crippen LogP contribution in [0.5, 0.6) is 5.75 Å². The fourth-order valence-electron chi connectivity index (χ4n) is 2.29. The van der Waals surface area contributed by atoms with Crippen molar-refractivity contribution in [1.29, 1.82) is 0 Å². The van der Waals surface area contributed by atoms with E-state index in [1.165, 1.54) is 0 Å². The highest BCUT2D eigenvalue weighted by atomic mass is 35.5. The second kappa shape index (κ2) is 10.0. The molecule has 2 rings (SSSR count). The Morgan fingerprint density at radius 2 is 1.48 bits per heavy atom. The molecule has 0 N–H and O–H groups in total. The minimum Gasteiger partial charge on any atom is -0.492 e. The van der Waals surface area contributed by atoms with Crippen molar-refractivity contribution in [1.82, 2.24) is 4.90 Å². The summed E-state index contributed by atoms with van der Waals surface area (Å²) < 4.78 is 5.73. The van der Waals surface area contributed by atoms with Gasteiger partial charge in [0.1, 0.15) is 12.4 Å². The quantitative estimate of drug-likeness (QED) is 0.682. The molecule has 0 saturated heterocycles. The highest BCUT2D eigenvalue weighted by Crippen LogP contribution is 2.15. The van der Waals surface area contributed by atoms with E-state index < -0.39 is 0 Å². The van der Waals surface area contributed by atoms with Crippen molar-refractivity contribution in [3.8, 4) is 5.75 Å². The van der Waals surface area contributed by atoms with Crippen LogP contribution in [0.15, 0.2) is 54.6 Å². The smallest absolute Gasteiger partial charge is 0.193 e. The molecule has 0 aromatic heterocycles. The Hall–Kier alpha value is -1.84. The third-order valence-electron chi connectivity index (χ3n) is 3.72. The number of likely N-dealkylation sites (N-methyl/N-ethyl adjacent to an activating group) is 1. The fraction of sp³-hybridized carbons (Fsp3) is 0.316. The molecule has 124 valence electrons. The summed E-state index contributed by atoms with van der Waals surface area (Å²) in [6, 6.07) is 16.7. The molecule has 23 heavy (non-hydrogen) atoms. The zero-order chi connectivity index (χ0) is 15.8. The fourth-order valence-corrected chi connectivity index (χ4v) is 2.29. The third-order valence-corrected chi connectivity index (χ3v) is 3.72. The van der Waals surface area contributed by atoms with Crippen LogP contribution in [0, 0.1) is 0 Å². The van der Waals surface area contributed by atoms with Gasteiger partial charge in [-0.2, -0.15) is 0 Å². The number of ether oxygens (including phenoxy) is 1. The number of hydrogen-bond donors (Lipinski definition) is 0. The first kappa shape index (κ1) is 19.2. The zero-order valence-corrected chi connectivity index (χ0v) is 14.5. The Morgan fingerprint density at radius 1 is 0.913 bits per heavy atom. The van der Waals surface area contributed by atoms with Crippen molar-refractivity contribution in [2.45, 2.75) is 13.8 Å². The van der Waals surface area contributed by atoms with Crippen molar-refractivity contribution in [3.05, 3.63) is 65.7 Å². The zero-order valence-electron chi connectivity index (χ0n) is 13.7. The monoisotopic (exact) mass is 333 g/mol. The molecule has 0 radical (unpaired) electrons. The lowest BCUT2D eigenvalue weighted by molar-refractivity contribution is 0.103. The van der Waals surface area contributed by atoms with Gasteiger partial charge in [-0.05, 0) is 37.4 Å². The Labute approximate surface area is 144 Å². The van der Waals surface area contributed by atoms with Crippen molar-refractivity contribution >= 4 is 18.2 Å². The van der Waals surface area contributed by atoms with Crippen LogP contribution in [-0.4, -0.2) is 36.9 Å². The summed E-state index contributed by atoms with van der Waals surface area (Å²) in [7, 11) is 0. The number of carbonyl (C=O) groups excluding carboxylic acids is 1. The number of carbonyl (C=O) groups is 1. The van der Waals surface area contributed by atoms with E-state index in [0.29, 0.717) is 17.7 Å². The number of halogens is 1. The van der Waals surface area contributed by atoms with E-state index >= 15 is 0 Å². The van der Waals surface area contributed by atoms with E-state index in [1.807, 2.05) is 54.6 Å². The maximum absolute atomic E-state index is 12.3. The van der Waals surface area contributed by atoms with E-state index in [-0.39, 0.29) is 18.2 Å². The van der Waals surface area contributed by atoms with E-state index in [1.54, 1.807) is 0 Å². The van der Waals surface area contributed by atoms with Gasteiger partial charge in [-0.25, -0.2) is 0 Å². The van der Waals surface area contributed by atoms with Gasteiger partial charge in [0, 0.05) is 17.7 Å². The number of benzene rings is 2. The molecule has 0 aliphatic rings. The molecular formula is C19H24ClNO2. The van der Waals surface area contributed by atoms with E-state index in [0.717, 1.165) is 25.4 Å². The highest BCUT2D eigenvalue weighted by Gasteiger charge is 2.08. The summed E-state index contributed by atoms with van der Waals surface area (Å²) in [4.78, 5) is 14.6. The number of rotatable bonds is 8. The third kappa shape index (κ3) is 5.70. The molecule has 0 amide bonds. The van der Waals surface area contributed by atoms with Crippen LogP contribution in [0.1, 0.15) is 29.8 Å². The molecule has 4 heteroatoms. The molecule has 0 saturated carbocycles. The van der Waals surface area contributed by atoms with Gasteiger partial charge in [-0.1, -0.05) is 44.2 Å². The number of nitrogens with zero attached hydrogens (tertiary/aromatic N) is 1. The molecule has 2 aromatic carbocycles. The summed E-state index contributed by atoms with van der Waals surface area (Å²) in [6.45, 7) is 7.93. The molecule has 0 aliphatic carbocycles. The first-order valence-corrected chi connectivity index (χ1v) is 7.79. The van der Waals surface area contributed by atoms with Gasteiger partial charge >= 0.3 is 0 Å². The van der Waals surface area contributed by atoms with Gasteiger partial charge in [0.05, 0.1) is 0 Å².